The summed E-state index contributed by atoms with van der Waals surface area (Å²) in [6, 6.07) is 0. The number of guanidine groups is 1. The molecular weight excluding hydrogens is 375 g/mol. The van der Waals surface area contributed by atoms with E-state index in [1.54, 1.807) is 0 Å². The molecule has 0 fully saturated rings. The van der Waals surface area contributed by atoms with Crippen LogP contribution in [0.5, 0.6) is 0 Å². The number of aliphatic imine (C=N–C) groups is 1. The highest BCUT2D eigenvalue weighted by atomic mass is 127. The Balaban J connectivity index is 0. The van der Waals surface area contributed by atoms with E-state index in [1.807, 2.05) is 0 Å². The Hall–Kier alpha value is -0.0400. The largest absolute Gasteiger partial charge is 0.357 e. The van der Waals surface area contributed by atoms with Crippen molar-refractivity contribution >= 4 is 29.9 Å². The van der Waals surface area contributed by atoms with Gasteiger partial charge in [-0.3, -0.25) is 4.99 Å². The minimum Gasteiger partial charge on any atom is -0.357 e. The van der Waals surface area contributed by atoms with Gasteiger partial charge in [0.2, 0.25) is 0 Å². The lowest BCUT2D eigenvalue weighted by atomic mass is 10.1. The molecule has 0 heterocycles. The molecule has 0 aromatic rings. The average molecular weight is 412 g/mol. The number of hydrogen-bond acceptors (Lipinski definition) is 2. The van der Waals surface area contributed by atoms with Crippen molar-refractivity contribution in [1.82, 2.24) is 15.5 Å². The number of rotatable bonds is 11. The van der Waals surface area contributed by atoms with Crippen LogP contribution >= 0.6 is 24.0 Å². The first-order chi connectivity index (χ1) is 9.63. The van der Waals surface area contributed by atoms with E-state index in [2.05, 4.69) is 55.1 Å². The summed E-state index contributed by atoms with van der Waals surface area (Å²) in [7, 11) is 0. The second-order valence-corrected chi connectivity index (χ2v) is 5.60. The zero-order valence-corrected chi connectivity index (χ0v) is 17.1. The van der Waals surface area contributed by atoms with E-state index in [0.29, 0.717) is 0 Å². The first kappa shape index (κ1) is 23.2. The average Bonchev–Trinajstić information content (AvgIpc) is 2.42. The summed E-state index contributed by atoms with van der Waals surface area (Å²) in [5.41, 5.74) is 0. The lowest BCUT2D eigenvalue weighted by Crippen LogP contribution is -2.38. The van der Waals surface area contributed by atoms with Crippen LogP contribution in [0.2, 0.25) is 0 Å². The molecule has 0 spiro atoms. The molecule has 0 unspecified atom stereocenters. The van der Waals surface area contributed by atoms with Gasteiger partial charge in [-0.15, -0.1) is 24.0 Å². The molecule has 0 aliphatic carbocycles. The number of nitrogens with one attached hydrogen (secondary N) is 2. The first-order valence-electron chi connectivity index (χ1n) is 8.38. The first-order valence-corrected chi connectivity index (χ1v) is 8.38. The molecule has 4 nitrogen and oxygen atoms in total. The molecule has 0 bridgehead atoms. The molecule has 0 aromatic carbocycles. The molecule has 128 valence electrons. The van der Waals surface area contributed by atoms with E-state index in [9.17, 15) is 0 Å². The van der Waals surface area contributed by atoms with E-state index in [0.717, 1.165) is 51.0 Å². The number of hydrogen-bond donors (Lipinski definition) is 2. The summed E-state index contributed by atoms with van der Waals surface area (Å²) in [5, 5.41) is 6.71. The van der Waals surface area contributed by atoms with Crippen LogP contribution in [0.25, 0.3) is 0 Å². The van der Waals surface area contributed by atoms with E-state index in [-0.39, 0.29) is 24.0 Å². The van der Waals surface area contributed by atoms with Gasteiger partial charge in [-0.2, -0.15) is 0 Å². The zero-order chi connectivity index (χ0) is 15.2. The van der Waals surface area contributed by atoms with Gasteiger partial charge in [-0.1, -0.05) is 27.7 Å². The number of halogens is 1. The Morgan fingerprint density at radius 1 is 1.05 bits per heavy atom. The van der Waals surface area contributed by atoms with Crippen molar-refractivity contribution in [3.8, 4) is 0 Å². The van der Waals surface area contributed by atoms with Crippen LogP contribution in [-0.4, -0.2) is 50.1 Å². The molecule has 0 rings (SSSR count). The number of unbranched alkanes of at least 4 members (excludes halogenated alkanes) is 1. The monoisotopic (exact) mass is 412 g/mol. The Kier molecular flexibility index (Phi) is 18.1. The fraction of sp³-hybridized carbons (Fsp3) is 0.938. The summed E-state index contributed by atoms with van der Waals surface area (Å²) < 4.78 is 0. The van der Waals surface area contributed by atoms with Crippen molar-refractivity contribution < 1.29 is 0 Å². The van der Waals surface area contributed by atoms with Crippen LogP contribution in [0.4, 0.5) is 0 Å². The van der Waals surface area contributed by atoms with E-state index in [1.165, 1.54) is 19.4 Å². The zero-order valence-electron chi connectivity index (χ0n) is 14.7. The Labute approximate surface area is 149 Å². The lowest BCUT2D eigenvalue weighted by molar-refractivity contribution is 0.297. The van der Waals surface area contributed by atoms with Gasteiger partial charge in [0.15, 0.2) is 5.96 Å². The van der Waals surface area contributed by atoms with Crippen LogP contribution in [-0.2, 0) is 0 Å². The third-order valence-corrected chi connectivity index (χ3v) is 3.41. The standard InChI is InChI=1S/C16H36N4.HI/c1-6-17-16(19-13-11-15(4)5)18-12-9-10-14-20(7-2)8-3;/h15H,6-14H2,1-5H3,(H2,17,18,19);1H. The number of nitrogens with zero attached hydrogens (tertiary/aromatic N) is 2. The summed E-state index contributed by atoms with van der Waals surface area (Å²) in [4.78, 5) is 7.10. The van der Waals surface area contributed by atoms with E-state index >= 15 is 0 Å². The molecule has 5 heteroatoms. The molecule has 0 aliphatic rings. The third kappa shape index (κ3) is 14.7. The fourth-order valence-electron chi connectivity index (χ4n) is 2.00. The van der Waals surface area contributed by atoms with E-state index in [4.69, 9.17) is 0 Å². The van der Waals surface area contributed by atoms with Crippen LogP contribution in [0, 0.1) is 5.92 Å². The Morgan fingerprint density at radius 3 is 2.24 bits per heavy atom. The van der Waals surface area contributed by atoms with Gasteiger partial charge in [-0.05, 0) is 51.7 Å². The molecule has 0 aliphatic heterocycles. The van der Waals surface area contributed by atoms with Crippen molar-refractivity contribution in [2.75, 3.05) is 39.3 Å². The third-order valence-electron chi connectivity index (χ3n) is 3.41. The smallest absolute Gasteiger partial charge is 0.191 e. The summed E-state index contributed by atoms with van der Waals surface area (Å²) >= 11 is 0. The quantitative estimate of drug-likeness (QED) is 0.237. The summed E-state index contributed by atoms with van der Waals surface area (Å²) in [6.07, 6.45) is 3.58. The van der Waals surface area contributed by atoms with Gasteiger partial charge in [0, 0.05) is 19.6 Å². The second-order valence-electron chi connectivity index (χ2n) is 5.60. The van der Waals surface area contributed by atoms with Crippen LogP contribution in [0.15, 0.2) is 4.99 Å². The Bertz CT molecular complexity index is 240. The van der Waals surface area contributed by atoms with Gasteiger partial charge >= 0.3 is 0 Å². The normalized spacial score (nSPS) is 11.7. The molecular formula is C16H37IN4. The highest BCUT2D eigenvalue weighted by molar-refractivity contribution is 14.0. The SMILES string of the molecule is CCNC(=NCCCCN(CC)CC)NCCC(C)C.I. The predicted octanol–water partition coefficient (Wildman–Crippen LogP) is 3.33. The van der Waals surface area contributed by atoms with Crippen molar-refractivity contribution in [2.45, 2.75) is 53.9 Å². The molecule has 0 saturated carbocycles. The maximum absolute atomic E-state index is 4.63. The molecule has 0 saturated heterocycles. The van der Waals surface area contributed by atoms with Crippen molar-refractivity contribution in [3.05, 3.63) is 0 Å². The topological polar surface area (TPSA) is 39.7 Å². The van der Waals surface area contributed by atoms with Crippen molar-refractivity contribution in [3.63, 3.8) is 0 Å². The molecule has 0 aromatic heterocycles. The van der Waals surface area contributed by atoms with Crippen LogP contribution in [0.3, 0.4) is 0 Å². The van der Waals surface area contributed by atoms with Gasteiger partial charge in [0.1, 0.15) is 0 Å². The van der Waals surface area contributed by atoms with Gasteiger partial charge in [0.05, 0.1) is 0 Å². The van der Waals surface area contributed by atoms with Crippen molar-refractivity contribution in [2.24, 2.45) is 10.9 Å². The highest BCUT2D eigenvalue weighted by Gasteiger charge is 2.00. The molecule has 0 amide bonds. The maximum Gasteiger partial charge on any atom is 0.191 e. The maximum atomic E-state index is 4.63. The molecule has 0 atom stereocenters. The molecule has 21 heavy (non-hydrogen) atoms. The Morgan fingerprint density at radius 2 is 1.71 bits per heavy atom. The minimum absolute atomic E-state index is 0. The second kappa shape index (κ2) is 16.3. The highest BCUT2D eigenvalue weighted by Crippen LogP contribution is 1.97. The van der Waals surface area contributed by atoms with Gasteiger partial charge in [-0.25, -0.2) is 0 Å². The predicted molar refractivity (Wildman–Crippen MR) is 106 cm³/mol. The fourth-order valence-corrected chi connectivity index (χ4v) is 2.00. The summed E-state index contributed by atoms with van der Waals surface area (Å²) in [6.45, 7) is 17.4. The van der Waals surface area contributed by atoms with Crippen molar-refractivity contribution in [1.29, 1.82) is 0 Å². The lowest BCUT2D eigenvalue weighted by Gasteiger charge is -2.17. The van der Waals surface area contributed by atoms with Gasteiger partial charge < -0.3 is 15.5 Å². The van der Waals surface area contributed by atoms with Crippen LogP contribution < -0.4 is 10.6 Å². The summed E-state index contributed by atoms with van der Waals surface area (Å²) in [5.74, 6) is 1.70. The van der Waals surface area contributed by atoms with E-state index < -0.39 is 0 Å². The minimum atomic E-state index is 0. The molecule has 0 radical (unpaired) electrons. The van der Waals surface area contributed by atoms with Gasteiger partial charge in [0.25, 0.3) is 0 Å². The van der Waals surface area contributed by atoms with Crippen LogP contribution in [0.1, 0.15) is 53.9 Å². The molecule has 2 N–H and O–H groups in total.